The summed E-state index contributed by atoms with van der Waals surface area (Å²) in [6.07, 6.45) is 9.19. The van der Waals surface area contributed by atoms with Crippen molar-refractivity contribution in [1.82, 2.24) is 10.6 Å². The van der Waals surface area contributed by atoms with Gasteiger partial charge in [-0.3, -0.25) is 4.79 Å². The van der Waals surface area contributed by atoms with Crippen molar-refractivity contribution in [3.63, 3.8) is 0 Å². The van der Waals surface area contributed by atoms with Gasteiger partial charge in [0.15, 0.2) is 0 Å². The maximum Gasteiger partial charge on any atom is 0.221 e. The average molecular weight is 242 g/mol. The smallest absolute Gasteiger partial charge is 0.221 e. The molecule has 0 heterocycles. The van der Waals surface area contributed by atoms with Gasteiger partial charge in [-0.25, -0.2) is 0 Å². The molecule has 0 saturated heterocycles. The third-order valence-corrected chi connectivity index (χ3v) is 5.09. The molecule has 2 fully saturated rings. The molecule has 0 aromatic carbocycles. The van der Waals surface area contributed by atoms with E-state index in [0.29, 0.717) is 17.2 Å². The van der Waals surface area contributed by atoms with Gasteiger partial charge in [-0.2, -0.15) is 11.8 Å². The lowest BCUT2D eigenvalue weighted by atomic mass is 9.84. The quantitative estimate of drug-likeness (QED) is 0.711. The Bertz CT molecular complexity index is 244. The van der Waals surface area contributed by atoms with E-state index in [-0.39, 0.29) is 5.91 Å². The summed E-state index contributed by atoms with van der Waals surface area (Å²) < 4.78 is 0.361. The first-order chi connectivity index (χ1) is 7.74. The van der Waals surface area contributed by atoms with Crippen LogP contribution in [0.1, 0.15) is 38.5 Å². The highest BCUT2D eigenvalue weighted by atomic mass is 32.2. The SMILES string of the molecule is CSC1(CNC(=O)CCNC2CC2)CCC1. The number of nitrogens with one attached hydrogen (secondary N) is 2. The first-order valence-electron chi connectivity index (χ1n) is 6.29. The van der Waals surface area contributed by atoms with Crippen molar-refractivity contribution in [3.05, 3.63) is 0 Å². The molecule has 2 rings (SSSR count). The molecule has 92 valence electrons. The van der Waals surface area contributed by atoms with Crippen LogP contribution in [0.2, 0.25) is 0 Å². The zero-order valence-electron chi connectivity index (χ0n) is 10.1. The van der Waals surface area contributed by atoms with Crippen molar-refractivity contribution in [1.29, 1.82) is 0 Å². The molecule has 0 aliphatic heterocycles. The molecule has 1 amide bonds. The summed E-state index contributed by atoms with van der Waals surface area (Å²) in [6, 6.07) is 0.706. The Morgan fingerprint density at radius 2 is 2.19 bits per heavy atom. The zero-order chi connectivity index (χ0) is 11.4. The Morgan fingerprint density at radius 1 is 1.44 bits per heavy atom. The van der Waals surface area contributed by atoms with Gasteiger partial charge in [-0.05, 0) is 31.9 Å². The average Bonchev–Trinajstić information content (AvgIpc) is 3.01. The zero-order valence-corrected chi connectivity index (χ0v) is 10.9. The summed E-state index contributed by atoms with van der Waals surface area (Å²) in [4.78, 5) is 11.6. The highest BCUT2D eigenvalue weighted by Gasteiger charge is 2.36. The van der Waals surface area contributed by atoms with E-state index in [4.69, 9.17) is 0 Å². The van der Waals surface area contributed by atoms with Crippen molar-refractivity contribution >= 4 is 17.7 Å². The molecule has 0 aromatic heterocycles. The van der Waals surface area contributed by atoms with Crippen LogP contribution in [-0.4, -0.2) is 36.0 Å². The van der Waals surface area contributed by atoms with E-state index >= 15 is 0 Å². The highest BCUT2D eigenvalue weighted by Crippen LogP contribution is 2.42. The van der Waals surface area contributed by atoms with Gasteiger partial charge >= 0.3 is 0 Å². The Hall–Kier alpha value is -0.220. The third-order valence-electron chi connectivity index (χ3n) is 3.67. The van der Waals surface area contributed by atoms with Crippen molar-refractivity contribution in [2.24, 2.45) is 0 Å². The Labute approximate surface area is 102 Å². The Balaban J connectivity index is 1.55. The first-order valence-corrected chi connectivity index (χ1v) is 7.52. The lowest BCUT2D eigenvalue weighted by Crippen LogP contribution is -2.45. The monoisotopic (exact) mass is 242 g/mol. The van der Waals surface area contributed by atoms with E-state index in [9.17, 15) is 4.79 Å². The summed E-state index contributed by atoms with van der Waals surface area (Å²) >= 11 is 1.91. The van der Waals surface area contributed by atoms with Crippen LogP contribution in [0.5, 0.6) is 0 Å². The largest absolute Gasteiger partial charge is 0.355 e. The molecule has 2 aliphatic carbocycles. The topological polar surface area (TPSA) is 41.1 Å². The molecule has 16 heavy (non-hydrogen) atoms. The predicted molar refractivity (Wildman–Crippen MR) is 68.7 cm³/mol. The van der Waals surface area contributed by atoms with Crippen LogP contribution in [0.15, 0.2) is 0 Å². The van der Waals surface area contributed by atoms with Gasteiger partial charge in [0.25, 0.3) is 0 Å². The number of amides is 1. The second-order valence-corrected chi connectivity index (χ2v) is 6.27. The highest BCUT2D eigenvalue weighted by molar-refractivity contribution is 8.00. The van der Waals surface area contributed by atoms with Crippen molar-refractivity contribution in [2.75, 3.05) is 19.3 Å². The molecule has 2 aliphatic rings. The van der Waals surface area contributed by atoms with Crippen LogP contribution in [0, 0.1) is 0 Å². The van der Waals surface area contributed by atoms with Crippen LogP contribution in [0.25, 0.3) is 0 Å². The molecule has 0 bridgehead atoms. The maximum atomic E-state index is 11.6. The van der Waals surface area contributed by atoms with Gasteiger partial charge in [0, 0.05) is 30.3 Å². The van der Waals surface area contributed by atoms with E-state index in [1.807, 2.05) is 11.8 Å². The number of hydrogen-bond acceptors (Lipinski definition) is 3. The van der Waals surface area contributed by atoms with Crippen LogP contribution in [-0.2, 0) is 4.79 Å². The van der Waals surface area contributed by atoms with Gasteiger partial charge in [0.2, 0.25) is 5.91 Å². The van der Waals surface area contributed by atoms with Crippen molar-refractivity contribution in [2.45, 2.75) is 49.3 Å². The van der Waals surface area contributed by atoms with Gasteiger partial charge in [0.1, 0.15) is 0 Å². The minimum atomic E-state index is 0.202. The Kier molecular flexibility index (Phi) is 4.14. The van der Waals surface area contributed by atoms with Gasteiger partial charge in [0.05, 0.1) is 0 Å². The van der Waals surface area contributed by atoms with Gasteiger partial charge in [-0.15, -0.1) is 0 Å². The summed E-state index contributed by atoms with van der Waals surface area (Å²) in [5, 5.41) is 6.43. The van der Waals surface area contributed by atoms with Crippen LogP contribution < -0.4 is 10.6 Å². The van der Waals surface area contributed by atoms with Gasteiger partial charge in [-0.1, -0.05) is 6.42 Å². The minimum absolute atomic E-state index is 0.202. The lowest BCUT2D eigenvalue weighted by Gasteiger charge is -2.40. The normalized spacial score (nSPS) is 22.6. The van der Waals surface area contributed by atoms with E-state index in [1.54, 1.807) is 0 Å². The Morgan fingerprint density at radius 3 is 2.69 bits per heavy atom. The summed E-state index contributed by atoms with van der Waals surface area (Å²) in [7, 11) is 0. The molecule has 0 atom stereocenters. The number of carbonyl (C=O) groups excluding carboxylic acids is 1. The molecule has 2 saturated carbocycles. The second kappa shape index (κ2) is 5.41. The predicted octanol–water partition coefficient (Wildman–Crippen LogP) is 1.53. The van der Waals surface area contributed by atoms with Crippen LogP contribution in [0.4, 0.5) is 0 Å². The van der Waals surface area contributed by atoms with E-state index in [2.05, 4.69) is 16.9 Å². The summed E-state index contributed by atoms with van der Waals surface area (Å²) in [5.41, 5.74) is 0. The van der Waals surface area contributed by atoms with E-state index in [0.717, 1.165) is 13.1 Å². The fourth-order valence-electron chi connectivity index (χ4n) is 2.05. The molecule has 0 spiro atoms. The number of carbonyl (C=O) groups is 1. The van der Waals surface area contributed by atoms with E-state index in [1.165, 1.54) is 32.1 Å². The van der Waals surface area contributed by atoms with E-state index < -0.39 is 0 Å². The molecule has 0 unspecified atom stereocenters. The molecular formula is C12H22N2OS. The number of rotatable bonds is 7. The van der Waals surface area contributed by atoms with Gasteiger partial charge < -0.3 is 10.6 Å². The molecule has 0 aromatic rings. The van der Waals surface area contributed by atoms with Crippen LogP contribution >= 0.6 is 11.8 Å². The van der Waals surface area contributed by atoms with Crippen molar-refractivity contribution < 1.29 is 4.79 Å². The molecule has 4 heteroatoms. The third kappa shape index (κ3) is 3.39. The minimum Gasteiger partial charge on any atom is -0.355 e. The number of hydrogen-bond donors (Lipinski definition) is 2. The van der Waals surface area contributed by atoms with Crippen molar-refractivity contribution in [3.8, 4) is 0 Å². The summed E-state index contributed by atoms with van der Waals surface area (Å²) in [6.45, 7) is 1.69. The van der Waals surface area contributed by atoms with Crippen LogP contribution in [0.3, 0.4) is 0 Å². The fraction of sp³-hybridized carbons (Fsp3) is 0.917. The molecule has 3 nitrogen and oxygen atoms in total. The number of thioether (sulfide) groups is 1. The summed E-state index contributed by atoms with van der Waals surface area (Å²) in [5.74, 6) is 0.202. The lowest BCUT2D eigenvalue weighted by molar-refractivity contribution is -0.121. The molecular weight excluding hydrogens is 220 g/mol. The fourth-order valence-corrected chi connectivity index (χ4v) is 2.96. The maximum absolute atomic E-state index is 11.6. The molecule has 2 N–H and O–H groups in total. The second-order valence-electron chi connectivity index (χ2n) is 5.00. The molecule has 0 radical (unpaired) electrons. The first kappa shape index (κ1) is 12.2. The standard InChI is InChI=1S/C12H22N2OS/c1-16-12(6-2-7-12)9-14-11(15)5-8-13-10-3-4-10/h10,13H,2-9H2,1H3,(H,14,15).